The molecule has 0 atom stereocenters. The highest BCUT2D eigenvalue weighted by atomic mass is 16.5. The molecule has 0 spiro atoms. The first kappa shape index (κ1) is 38.8. The van der Waals surface area contributed by atoms with Crippen molar-refractivity contribution in [2.75, 3.05) is 0 Å². The molecule has 4 aromatic heterocycles. The largest absolute Gasteiger partial charge is 0.457 e. The number of hydrogen-bond acceptors (Lipinski definition) is 8. The minimum Gasteiger partial charge on any atom is -0.457 e. The molecule has 0 aliphatic rings. The summed E-state index contributed by atoms with van der Waals surface area (Å²) in [5.41, 5.74) is 8.08. The molecule has 0 aliphatic heterocycles. The van der Waals surface area contributed by atoms with E-state index in [9.17, 15) is 0 Å². The third-order valence-corrected chi connectivity index (χ3v) is 10.8. The van der Waals surface area contributed by atoms with Crippen molar-refractivity contribution in [3.05, 3.63) is 225 Å². The molecule has 0 N–H and O–H groups in total. The van der Waals surface area contributed by atoms with Gasteiger partial charge >= 0.3 is 0 Å². The quantitative estimate of drug-likeness (QED) is 0.120. The van der Waals surface area contributed by atoms with Gasteiger partial charge in [-0.05, 0) is 107 Å². The zero-order valence-electron chi connectivity index (χ0n) is 34.7. The maximum Gasteiger partial charge on any atom is 0.234 e. The van der Waals surface area contributed by atoms with Gasteiger partial charge in [-0.1, -0.05) is 84.9 Å². The van der Waals surface area contributed by atoms with Gasteiger partial charge in [0.1, 0.15) is 34.5 Å². The second-order valence-electron chi connectivity index (χ2n) is 15.2. The molecule has 0 fully saturated rings. The van der Waals surface area contributed by atoms with Crippen molar-refractivity contribution in [2.24, 2.45) is 0 Å². The lowest BCUT2D eigenvalue weighted by molar-refractivity contribution is 0.448. The van der Waals surface area contributed by atoms with Gasteiger partial charge in [0.05, 0.1) is 11.0 Å². The van der Waals surface area contributed by atoms with E-state index < -0.39 is 0 Å². The number of pyridine rings is 2. The molecule has 7 aromatic carbocycles. The van der Waals surface area contributed by atoms with Gasteiger partial charge in [-0.2, -0.15) is 0 Å². The molecular formula is C56H37N5O4. The smallest absolute Gasteiger partial charge is 0.234 e. The first-order valence-electron chi connectivity index (χ1n) is 21.1. The van der Waals surface area contributed by atoms with E-state index in [4.69, 9.17) is 28.9 Å². The molecule has 0 unspecified atom stereocenters. The summed E-state index contributed by atoms with van der Waals surface area (Å²) in [4.78, 5) is 18.7. The normalized spacial score (nSPS) is 11.1. The summed E-state index contributed by atoms with van der Waals surface area (Å²) in [5, 5.41) is 1.99. The Kier molecular flexibility index (Phi) is 10.4. The number of nitrogens with zero attached hydrogens (tertiary/aromatic N) is 5. The van der Waals surface area contributed by atoms with E-state index in [2.05, 4.69) is 88.8 Å². The van der Waals surface area contributed by atoms with Gasteiger partial charge in [-0.25, -0.2) is 19.9 Å². The van der Waals surface area contributed by atoms with Gasteiger partial charge in [-0.15, -0.1) is 0 Å². The molecule has 9 heteroatoms. The molecule has 0 aliphatic carbocycles. The highest BCUT2D eigenvalue weighted by Crippen LogP contribution is 2.39. The summed E-state index contributed by atoms with van der Waals surface area (Å²) >= 11 is 0. The van der Waals surface area contributed by atoms with Crippen LogP contribution in [0.2, 0.25) is 0 Å². The monoisotopic (exact) mass is 843 g/mol. The number of aromatic nitrogens is 5. The van der Waals surface area contributed by atoms with Crippen molar-refractivity contribution >= 4 is 21.8 Å². The van der Waals surface area contributed by atoms with Crippen molar-refractivity contribution in [1.29, 1.82) is 0 Å². The van der Waals surface area contributed by atoms with Gasteiger partial charge < -0.3 is 18.9 Å². The van der Waals surface area contributed by atoms with Crippen LogP contribution in [-0.2, 0) is 0 Å². The second-order valence-corrected chi connectivity index (χ2v) is 15.2. The summed E-state index contributed by atoms with van der Waals surface area (Å²) in [6.07, 6.45) is 7.16. The summed E-state index contributed by atoms with van der Waals surface area (Å²) < 4.78 is 27.0. The van der Waals surface area contributed by atoms with Crippen molar-refractivity contribution < 1.29 is 18.9 Å². The van der Waals surface area contributed by atoms with E-state index in [0.717, 1.165) is 55.2 Å². The fourth-order valence-corrected chi connectivity index (χ4v) is 7.83. The van der Waals surface area contributed by atoms with E-state index >= 15 is 0 Å². The molecular weight excluding hydrogens is 807 g/mol. The Morgan fingerprint density at radius 1 is 0.292 bits per heavy atom. The van der Waals surface area contributed by atoms with Crippen LogP contribution in [0.5, 0.6) is 46.3 Å². The SMILES string of the molecule is c1ccc(-c2cc(-c3ccccc3)cc(-c3cnc(-n4c5cc(Oc6cccc(Oc7ccccn7)c6)ccc5c5ccc(Oc6cccc(Oc7ccccn7)c6)cc54)nc3)c2)cc1. The Hall–Kier alpha value is -9.08. The van der Waals surface area contributed by atoms with Crippen LogP contribution in [-0.4, -0.2) is 24.5 Å². The lowest BCUT2D eigenvalue weighted by atomic mass is 9.94. The minimum atomic E-state index is 0.488. The van der Waals surface area contributed by atoms with Crippen LogP contribution in [0.3, 0.4) is 0 Å². The zero-order valence-corrected chi connectivity index (χ0v) is 34.7. The van der Waals surface area contributed by atoms with Crippen molar-refractivity contribution in [2.45, 2.75) is 0 Å². The second kappa shape index (κ2) is 17.4. The molecule has 0 amide bonds. The molecule has 65 heavy (non-hydrogen) atoms. The van der Waals surface area contributed by atoms with Gasteiger partial charge in [0.15, 0.2) is 0 Å². The van der Waals surface area contributed by atoms with Gasteiger partial charge in [-0.3, -0.25) is 4.57 Å². The summed E-state index contributed by atoms with van der Waals surface area (Å²) in [6, 6.07) is 65.6. The molecule has 0 saturated heterocycles. The topological polar surface area (TPSA) is 93.4 Å². The van der Waals surface area contributed by atoms with Crippen LogP contribution in [0.15, 0.2) is 225 Å². The predicted octanol–water partition coefficient (Wildman–Crippen LogP) is 14.5. The molecule has 4 heterocycles. The van der Waals surface area contributed by atoms with E-state index in [-0.39, 0.29) is 0 Å². The fraction of sp³-hybridized carbons (Fsp3) is 0. The third kappa shape index (κ3) is 8.45. The lowest BCUT2D eigenvalue weighted by Gasteiger charge is -2.12. The molecule has 0 saturated carbocycles. The number of benzene rings is 7. The number of rotatable bonds is 12. The van der Waals surface area contributed by atoms with Crippen molar-refractivity contribution in [3.63, 3.8) is 0 Å². The Labute approximate surface area is 374 Å². The van der Waals surface area contributed by atoms with Crippen molar-refractivity contribution in [3.8, 4) is 85.6 Å². The average Bonchev–Trinajstić information content (AvgIpc) is 3.68. The number of fused-ring (bicyclic) bond motifs is 3. The van der Waals surface area contributed by atoms with Crippen LogP contribution >= 0.6 is 0 Å². The summed E-state index contributed by atoms with van der Waals surface area (Å²) in [6.45, 7) is 0. The minimum absolute atomic E-state index is 0.488. The van der Waals surface area contributed by atoms with Crippen LogP contribution < -0.4 is 18.9 Å². The van der Waals surface area contributed by atoms with Crippen molar-refractivity contribution in [1.82, 2.24) is 24.5 Å². The van der Waals surface area contributed by atoms with Crippen LogP contribution in [0.4, 0.5) is 0 Å². The average molecular weight is 844 g/mol. The van der Waals surface area contributed by atoms with E-state index in [0.29, 0.717) is 52.2 Å². The summed E-state index contributed by atoms with van der Waals surface area (Å²) in [7, 11) is 0. The molecule has 11 aromatic rings. The lowest BCUT2D eigenvalue weighted by Crippen LogP contribution is -2.01. The van der Waals surface area contributed by atoms with Gasteiger partial charge in [0.2, 0.25) is 17.7 Å². The highest BCUT2D eigenvalue weighted by Gasteiger charge is 2.18. The van der Waals surface area contributed by atoms with Crippen LogP contribution in [0.1, 0.15) is 0 Å². The molecule has 0 radical (unpaired) electrons. The Balaban J connectivity index is 0.985. The van der Waals surface area contributed by atoms with E-state index in [1.807, 2.05) is 138 Å². The third-order valence-electron chi connectivity index (χ3n) is 10.8. The van der Waals surface area contributed by atoms with Crippen LogP contribution in [0, 0.1) is 0 Å². The van der Waals surface area contributed by atoms with Gasteiger partial charge in [0, 0.05) is 77.5 Å². The molecule has 0 bridgehead atoms. The fourth-order valence-electron chi connectivity index (χ4n) is 7.83. The molecule has 9 nitrogen and oxygen atoms in total. The van der Waals surface area contributed by atoms with E-state index in [1.165, 1.54) is 0 Å². The Morgan fingerprint density at radius 2 is 0.708 bits per heavy atom. The first-order valence-corrected chi connectivity index (χ1v) is 21.1. The predicted molar refractivity (Wildman–Crippen MR) is 254 cm³/mol. The first-order chi connectivity index (χ1) is 32.1. The molecule has 310 valence electrons. The Morgan fingerprint density at radius 3 is 1.15 bits per heavy atom. The standard InChI is InChI=1S/C56H37N5O4/c1-3-13-38(14-4-1)40-29-41(39-15-5-2-6-16-39)31-42(30-40)43-36-59-56(60-37-43)61-52-34-48(62-44-17-11-19-46(32-44)64-54-21-7-9-27-57-54)23-25-50(52)51-26-24-49(35-53(51)61)63-45-18-12-20-47(33-45)65-55-22-8-10-28-58-55/h1-37H. The number of hydrogen-bond donors (Lipinski definition) is 0. The maximum absolute atomic E-state index is 6.48. The Bertz CT molecular complexity index is 3220. The summed E-state index contributed by atoms with van der Waals surface area (Å²) in [5.74, 6) is 5.17. The van der Waals surface area contributed by atoms with Gasteiger partial charge in [0.25, 0.3) is 0 Å². The van der Waals surface area contributed by atoms with E-state index in [1.54, 1.807) is 12.4 Å². The molecule has 11 rings (SSSR count). The highest BCUT2D eigenvalue weighted by molar-refractivity contribution is 6.09. The maximum atomic E-state index is 6.48. The van der Waals surface area contributed by atoms with Crippen LogP contribution in [0.25, 0.3) is 61.1 Å². The zero-order chi connectivity index (χ0) is 43.4. The number of ether oxygens (including phenoxy) is 4.